The van der Waals surface area contributed by atoms with Crippen LogP contribution in [-0.2, 0) is 18.4 Å². The summed E-state index contributed by atoms with van der Waals surface area (Å²) in [6, 6.07) is 6.43. The summed E-state index contributed by atoms with van der Waals surface area (Å²) in [5.74, 6) is 0.295. The van der Waals surface area contributed by atoms with Crippen molar-refractivity contribution in [1.82, 2.24) is 20.2 Å². The molecular formula is C27H31Cl2F2N5O3. The van der Waals surface area contributed by atoms with Crippen molar-refractivity contribution in [2.45, 2.75) is 46.6 Å². The van der Waals surface area contributed by atoms with Gasteiger partial charge in [-0.1, -0.05) is 50.0 Å². The quantitative estimate of drug-likeness (QED) is 0.270. The zero-order valence-electron chi connectivity index (χ0n) is 22.1. The number of imidazole rings is 1. The van der Waals surface area contributed by atoms with E-state index in [0.29, 0.717) is 50.7 Å². The number of anilines is 2. The molecule has 0 unspecified atom stereocenters. The Kier molecular flexibility index (Phi) is 8.56. The largest absolute Gasteiger partial charge is 0.487 e. The molecule has 0 atom stereocenters. The lowest BCUT2D eigenvalue weighted by Gasteiger charge is -2.19. The molecule has 1 saturated carbocycles. The highest BCUT2D eigenvalue weighted by molar-refractivity contribution is 6.39. The Labute approximate surface area is 235 Å². The fourth-order valence-electron chi connectivity index (χ4n) is 3.83. The summed E-state index contributed by atoms with van der Waals surface area (Å²) in [4.78, 5) is 29.8. The molecule has 0 bridgehead atoms. The topological polar surface area (TPSA) is 97.3 Å². The van der Waals surface area contributed by atoms with Crippen LogP contribution in [0.4, 0.5) is 20.4 Å². The van der Waals surface area contributed by atoms with E-state index < -0.39 is 24.4 Å². The molecule has 4 rings (SSSR count). The standard InChI is InChI=1S/C27H31Cl2F2N5O3/c1-27(2,3)25(38)33-12-15-7-8-17(28)23(22(15)29)35-26-34-18-9-16(24(37)32-11-14-5-6-14)20(39-13-21(30)31)10-19(18)36(26)4/h7-10,14,21H,5-6,11-13H2,1-4H3,(H,32,37)(H,33,38)(H,34,35). The second kappa shape index (κ2) is 11.6. The Balaban J connectivity index is 1.64. The number of aromatic nitrogens is 2. The van der Waals surface area contributed by atoms with E-state index in [-0.39, 0.29) is 23.8 Å². The van der Waals surface area contributed by atoms with Gasteiger partial charge in [0.1, 0.15) is 12.4 Å². The number of fused-ring (bicyclic) bond motifs is 1. The predicted octanol–water partition coefficient (Wildman–Crippen LogP) is 6.07. The molecule has 1 aliphatic rings. The molecule has 39 heavy (non-hydrogen) atoms. The molecule has 1 heterocycles. The molecule has 0 radical (unpaired) electrons. The summed E-state index contributed by atoms with van der Waals surface area (Å²) in [7, 11) is 1.72. The highest BCUT2D eigenvalue weighted by Gasteiger charge is 2.25. The highest BCUT2D eigenvalue weighted by Crippen LogP contribution is 2.37. The molecule has 0 aliphatic heterocycles. The van der Waals surface area contributed by atoms with E-state index in [1.165, 1.54) is 12.1 Å². The Morgan fingerprint density at radius 2 is 1.90 bits per heavy atom. The smallest absolute Gasteiger partial charge is 0.272 e. The van der Waals surface area contributed by atoms with Crippen LogP contribution in [0, 0.1) is 11.3 Å². The normalized spacial score (nSPS) is 13.6. The summed E-state index contributed by atoms with van der Waals surface area (Å²) in [6.45, 7) is 5.32. The fourth-order valence-corrected chi connectivity index (χ4v) is 4.37. The first-order valence-electron chi connectivity index (χ1n) is 12.6. The average Bonchev–Trinajstić information content (AvgIpc) is 3.65. The third kappa shape index (κ3) is 6.91. The maximum Gasteiger partial charge on any atom is 0.272 e. The number of nitrogens with zero attached hydrogens (tertiary/aromatic N) is 2. The van der Waals surface area contributed by atoms with Gasteiger partial charge in [0.05, 0.1) is 32.3 Å². The first kappa shape index (κ1) is 28.9. The van der Waals surface area contributed by atoms with Crippen LogP contribution in [0.3, 0.4) is 0 Å². The molecule has 2 amide bonds. The molecule has 8 nitrogen and oxygen atoms in total. The van der Waals surface area contributed by atoms with Gasteiger partial charge >= 0.3 is 0 Å². The van der Waals surface area contributed by atoms with Crippen LogP contribution >= 0.6 is 23.2 Å². The second-order valence-corrected chi connectivity index (χ2v) is 11.4. The lowest BCUT2D eigenvalue weighted by atomic mass is 9.95. The van der Waals surface area contributed by atoms with E-state index in [1.807, 2.05) is 20.8 Å². The van der Waals surface area contributed by atoms with Gasteiger partial charge in [-0.15, -0.1) is 0 Å². The van der Waals surface area contributed by atoms with Gasteiger partial charge in [0, 0.05) is 31.6 Å². The number of amides is 2. The van der Waals surface area contributed by atoms with E-state index in [1.54, 1.807) is 23.7 Å². The molecule has 1 aliphatic carbocycles. The Hall–Kier alpha value is -3.11. The van der Waals surface area contributed by atoms with Crippen LogP contribution in [0.5, 0.6) is 5.75 Å². The Morgan fingerprint density at radius 1 is 1.18 bits per heavy atom. The van der Waals surface area contributed by atoms with E-state index in [9.17, 15) is 18.4 Å². The number of halogens is 4. The maximum absolute atomic E-state index is 12.9. The molecule has 1 aromatic heterocycles. The first-order chi connectivity index (χ1) is 18.3. The lowest BCUT2D eigenvalue weighted by molar-refractivity contribution is -0.128. The van der Waals surface area contributed by atoms with Gasteiger partial charge < -0.3 is 25.3 Å². The van der Waals surface area contributed by atoms with Crippen LogP contribution in [0.2, 0.25) is 10.0 Å². The van der Waals surface area contributed by atoms with Crippen molar-refractivity contribution in [2.75, 3.05) is 18.5 Å². The van der Waals surface area contributed by atoms with Gasteiger partial charge in [0.15, 0.2) is 0 Å². The maximum atomic E-state index is 12.9. The number of benzene rings is 2. The van der Waals surface area contributed by atoms with Crippen molar-refractivity contribution in [1.29, 1.82) is 0 Å². The minimum absolute atomic E-state index is 0.0401. The Morgan fingerprint density at radius 3 is 2.54 bits per heavy atom. The number of ether oxygens (including phenoxy) is 1. The Bertz CT molecular complexity index is 1400. The SMILES string of the molecule is Cn1c(Nc2c(Cl)ccc(CNC(=O)C(C)(C)C)c2Cl)nc2cc(C(=O)NCC3CC3)c(OCC(F)F)cc21. The summed E-state index contributed by atoms with van der Waals surface area (Å²) in [5, 5.41) is 9.49. The lowest BCUT2D eigenvalue weighted by Crippen LogP contribution is -2.34. The third-order valence-electron chi connectivity index (χ3n) is 6.37. The monoisotopic (exact) mass is 581 g/mol. The molecule has 210 valence electrons. The van der Waals surface area contributed by atoms with Gasteiger partial charge in [0.25, 0.3) is 12.3 Å². The van der Waals surface area contributed by atoms with E-state index >= 15 is 0 Å². The number of nitrogens with one attached hydrogen (secondary N) is 3. The molecule has 3 aromatic rings. The minimum atomic E-state index is -2.70. The van der Waals surface area contributed by atoms with Gasteiger partial charge in [-0.25, -0.2) is 13.8 Å². The van der Waals surface area contributed by atoms with Crippen molar-refractivity contribution in [3.8, 4) is 5.75 Å². The van der Waals surface area contributed by atoms with Gasteiger partial charge in [-0.2, -0.15) is 0 Å². The zero-order chi connectivity index (χ0) is 28.5. The first-order valence-corrected chi connectivity index (χ1v) is 13.3. The molecule has 0 saturated heterocycles. The summed E-state index contributed by atoms with van der Waals surface area (Å²) in [6.07, 6.45) is -0.589. The summed E-state index contributed by atoms with van der Waals surface area (Å²) < 4.78 is 32.8. The van der Waals surface area contributed by atoms with Crippen LogP contribution in [0.25, 0.3) is 11.0 Å². The number of hydrogen-bond donors (Lipinski definition) is 3. The predicted molar refractivity (Wildman–Crippen MR) is 148 cm³/mol. The van der Waals surface area contributed by atoms with Crippen molar-refractivity contribution in [3.63, 3.8) is 0 Å². The molecule has 2 aromatic carbocycles. The van der Waals surface area contributed by atoms with Crippen LogP contribution in [0.1, 0.15) is 49.5 Å². The molecule has 0 spiro atoms. The molecule has 12 heteroatoms. The zero-order valence-corrected chi connectivity index (χ0v) is 23.6. The van der Waals surface area contributed by atoms with Gasteiger partial charge in [0.2, 0.25) is 11.9 Å². The van der Waals surface area contributed by atoms with Crippen molar-refractivity contribution in [3.05, 3.63) is 45.4 Å². The van der Waals surface area contributed by atoms with E-state index in [2.05, 4.69) is 20.9 Å². The van der Waals surface area contributed by atoms with E-state index in [0.717, 1.165) is 12.8 Å². The van der Waals surface area contributed by atoms with Crippen molar-refractivity contribution >= 4 is 57.7 Å². The summed E-state index contributed by atoms with van der Waals surface area (Å²) in [5.41, 5.74) is 1.59. The van der Waals surface area contributed by atoms with Crippen molar-refractivity contribution in [2.24, 2.45) is 18.4 Å². The molecule has 1 fully saturated rings. The number of hydrogen-bond acceptors (Lipinski definition) is 5. The van der Waals surface area contributed by atoms with Crippen LogP contribution in [-0.4, -0.2) is 40.9 Å². The minimum Gasteiger partial charge on any atom is -0.487 e. The van der Waals surface area contributed by atoms with Gasteiger partial charge in [-0.3, -0.25) is 9.59 Å². The number of carbonyl (C=O) groups is 2. The van der Waals surface area contributed by atoms with E-state index in [4.69, 9.17) is 27.9 Å². The molecule has 3 N–H and O–H groups in total. The fraction of sp³-hybridized carbons (Fsp3) is 0.444. The van der Waals surface area contributed by atoms with Crippen LogP contribution in [0.15, 0.2) is 24.3 Å². The third-order valence-corrected chi connectivity index (χ3v) is 7.12. The van der Waals surface area contributed by atoms with Crippen LogP contribution < -0.4 is 20.7 Å². The number of aryl methyl sites for hydroxylation is 1. The average molecular weight is 582 g/mol. The second-order valence-electron chi connectivity index (χ2n) is 10.6. The molecular weight excluding hydrogens is 551 g/mol. The number of carbonyl (C=O) groups excluding carboxylic acids is 2. The van der Waals surface area contributed by atoms with Crippen molar-refractivity contribution < 1.29 is 23.1 Å². The van der Waals surface area contributed by atoms with Gasteiger partial charge in [-0.05, 0) is 36.5 Å². The number of rotatable bonds is 10. The number of alkyl halides is 2. The highest BCUT2D eigenvalue weighted by atomic mass is 35.5. The summed E-state index contributed by atoms with van der Waals surface area (Å²) >= 11 is 13.1.